The van der Waals surface area contributed by atoms with E-state index in [9.17, 15) is 9.59 Å². The van der Waals surface area contributed by atoms with Gasteiger partial charge >= 0.3 is 5.97 Å². The van der Waals surface area contributed by atoms with E-state index >= 15 is 0 Å². The Labute approximate surface area is 157 Å². The Morgan fingerprint density at radius 2 is 1.89 bits per heavy atom. The molecule has 0 N–H and O–H groups in total. The highest BCUT2D eigenvalue weighted by Crippen LogP contribution is 2.32. The van der Waals surface area contributed by atoms with Crippen molar-refractivity contribution in [3.8, 4) is 0 Å². The first kappa shape index (κ1) is 17.2. The highest BCUT2D eigenvalue weighted by molar-refractivity contribution is 5.91. The molecule has 3 aromatic rings. The SMILES string of the molecule is COC(=O)c1ccc(C2C(=O)C(Cc3ccccc3)Cc3cncn32)cc1. The van der Waals surface area contributed by atoms with Crippen LogP contribution in [0.5, 0.6) is 0 Å². The number of fused-ring (bicyclic) bond motifs is 1. The fourth-order valence-corrected chi connectivity index (χ4v) is 3.75. The number of hydrogen-bond donors (Lipinski definition) is 0. The highest BCUT2D eigenvalue weighted by Gasteiger charge is 2.36. The van der Waals surface area contributed by atoms with Crippen molar-refractivity contribution in [1.82, 2.24) is 9.55 Å². The molecule has 2 atom stereocenters. The van der Waals surface area contributed by atoms with Gasteiger partial charge < -0.3 is 9.30 Å². The van der Waals surface area contributed by atoms with Crippen LogP contribution in [0.3, 0.4) is 0 Å². The van der Waals surface area contributed by atoms with Crippen molar-refractivity contribution in [1.29, 1.82) is 0 Å². The quantitative estimate of drug-likeness (QED) is 0.670. The van der Waals surface area contributed by atoms with E-state index in [2.05, 4.69) is 17.1 Å². The molecule has 2 unspecified atom stereocenters. The van der Waals surface area contributed by atoms with Crippen LogP contribution in [0.15, 0.2) is 67.1 Å². The Bertz CT molecular complexity index is 961. The van der Waals surface area contributed by atoms with Crippen molar-refractivity contribution in [2.45, 2.75) is 18.9 Å². The first-order chi connectivity index (χ1) is 13.2. The number of benzene rings is 2. The lowest BCUT2D eigenvalue weighted by Crippen LogP contribution is -2.35. The zero-order chi connectivity index (χ0) is 18.8. The molecule has 1 aliphatic heterocycles. The molecular formula is C22H20N2O3. The molecule has 0 bridgehead atoms. The maximum absolute atomic E-state index is 13.3. The number of rotatable bonds is 4. The molecule has 2 aromatic carbocycles. The summed E-state index contributed by atoms with van der Waals surface area (Å²) in [6.45, 7) is 0. The van der Waals surface area contributed by atoms with Crippen molar-refractivity contribution >= 4 is 11.8 Å². The highest BCUT2D eigenvalue weighted by atomic mass is 16.5. The second kappa shape index (κ2) is 7.19. The number of nitrogens with zero attached hydrogens (tertiary/aromatic N) is 2. The topological polar surface area (TPSA) is 61.2 Å². The van der Waals surface area contributed by atoms with Gasteiger partial charge in [-0.15, -0.1) is 0 Å². The number of esters is 1. The maximum atomic E-state index is 13.3. The van der Waals surface area contributed by atoms with Gasteiger partial charge in [0.15, 0.2) is 5.78 Å². The lowest BCUT2D eigenvalue weighted by atomic mass is 9.82. The Kier molecular flexibility index (Phi) is 4.59. The largest absolute Gasteiger partial charge is 0.465 e. The van der Waals surface area contributed by atoms with Gasteiger partial charge in [-0.05, 0) is 36.1 Å². The van der Waals surface area contributed by atoms with E-state index in [1.54, 1.807) is 18.5 Å². The second-order valence-corrected chi connectivity index (χ2v) is 6.80. The molecule has 0 aliphatic carbocycles. The van der Waals surface area contributed by atoms with Crippen LogP contribution in [-0.2, 0) is 22.4 Å². The van der Waals surface area contributed by atoms with Crippen LogP contribution < -0.4 is 0 Å². The summed E-state index contributed by atoms with van der Waals surface area (Å²) >= 11 is 0. The van der Waals surface area contributed by atoms with Gasteiger partial charge in [0.05, 0.1) is 19.0 Å². The average molecular weight is 360 g/mol. The van der Waals surface area contributed by atoms with Gasteiger partial charge in [0.25, 0.3) is 0 Å². The molecule has 136 valence electrons. The molecule has 5 nitrogen and oxygen atoms in total. The monoisotopic (exact) mass is 360 g/mol. The van der Waals surface area contributed by atoms with Gasteiger partial charge in [0, 0.05) is 17.8 Å². The van der Waals surface area contributed by atoms with Gasteiger partial charge in [0.1, 0.15) is 6.04 Å². The zero-order valence-electron chi connectivity index (χ0n) is 15.0. The number of carbonyl (C=O) groups is 2. The summed E-state index contributed by atoms with van der Waals surface area (Å²) in [6, 6.07) is 16.7. The summed E-state index contributed by atoms with van der Waals surface area (Å²) in [5.74, 6) is -0.307. The first-order valence-electron chi connectivity index (χ1n) is 8.94. The number of ketones is 1. The summed E-state index contributed by atoms with van der Waals surface area (Å²) in [5, 5.41) is 0. The fraction of sp³-hybridized carbons (Fsp3) is 0.227. The number of ether oxygens (including phenoxy) is 1. The molecule has 0 radical (unpaired) electrons. The van der Waals surface area contributed by atoms with E-state index < -0.39 is 6.04 Å². The first-order valence-corrected chi connectivity index (χ1v) is 8.94. The van der Waals surface area contributed by atoms with E-state index in [1.807, 2.05) is 41.1 Å². The summed E-state index contributed by atoms with van der Waals surface area (Å²) in [7, 11) is 1.35. The summed E-state index contributed by atoms with van der Waals surface area (Å²) in [4.78, 5) is 29.3. The zero-order valence-corrected chi connectivity index (χ0v) is 15.0. The van der Waals surface area contributed by atoms with E-state index in [0.717, 1.165) is 16.8 Å². The predicted octanol–water partition coefficient (Wildman–Crippen LogP) is 3.24. The van der Waals surface area contributed by atoms with Gasteiger partial charge in [-0.1, -0.05) is 42.5 Å². The van der Waals surface area contributed by atoms with Crippen molar-refractivity contribution in [3.63, 3.8) is 0 Å². The van der Waals surface area contributed by atoms with E-state index in [0.29, 0.717) is 18.4 Å². The molecule has 27 heavy (non-hydrogen) atoms. The number of Topliss-reactive ketones (excluding diaryl/α,β-unsaturated/α-hetero) is 1. The van der Waals surface area contributed by atoms with Crippen molar-refractivity contribution in [2.24, 2.45) is 5.92 Å². The molecule has 2 heterocycles. The van der Waals surface area contributed by atoms with Crippen LogP contribution in [-0.4, -0.2) is 28.4 Å². The van der Waals surface area contributed by atoms with Crippen LogP contribution >= 0.6 is 0 Å². The maximum Gasteiger partial charge on any atom is 0.337 e. The molecule has 0 spiro atoms. The molecule has 1 aliphatic rings. The number of aromatic nitrogens is 2. The number of imidazole rings is 1. The third kappa shape index (κ3) is 3.28. The summed E-state index contributed by atoms with van der Waals surface area (Å²) in [5.41, 5.74) is 3.53. The molecule has 5 heteroatoms. The molecule has 1 aromatic heterocycles. The Balaban J connectivity index is 1.67. The van der Waals surface area contributed by atoms with Gasteiger partial charge in [-0.3, -0.25) is 4.79 Å². The van der Waals surface area contributed by atoms with E-state index in [4.69, 9.17) is 4.74 Å². The number of hydrogen-bond acceptors (Lipinski definition) is 4. The van der Waals surface area contributed by atoms with Crippen molar-refractivity contribution < 1.29 is 14.3 Å². The molecule has 0 amide bonds. The van der Waals surface area contributed by atoms with Crippen LogP contribution in [0.1, 0.15) is 33.2 Å². The van der Waals surface area contributed by atoms with Gasteiger partial charge in [0.2, 0.25) is 0 Å². The molecule has 0 saturated heterocycles. The average Bonchev–Trinajstić information content (AvgIpc) is 3.17. The lowest BCUT2D eigenvalue weighted by molar-refractivity contribution is -0.126. The Hall–Kier alpha value is -3.21. The molecule has 0 saturated carbocycles. The van der Waals surface area contributed by atoms with Crippen LogP contribution in [0.2, 0.25) is 0 Å². The lowest BCUT2D eigenvalue weighted by Gasteiger charge is -2.30. The second-order valence-electron chi connectivity index (χ2n) is 6.80. The minimum Gasteiger partial charge on any atom is -0.465 e. The number of carbonyl (C=O) groups excluding carboxylic acids is 2. The van der Waals surface area contributed by atoms with E-state index in [-0.39, 0.29) is 17.7 Å². The fourth-order valence-electron chi connectivity index (χ4n) is 3.75. The number of methoxy groups -OCH3 is 1. The van der Waals surface area contributed by atoms with Crippen LogP contribution in [0, 0.1) is 5.92 Å². The van der Waals surface area contributed by atoms with Crippen LogP contribution in [0.25, 0.3) is 0 Å². The summed E-state index contributed by atoms with van der Waals surface area (Å²) < 4.78 is 6.69. The van der Waals surface area contributed by atoms with Crippen LogP contribution in [0.4, 0.5) is 0 Å². The standard InChI is InChI=1S/C22H20N2O3/c1-27-22(26)17-9-7-16(8-10-17)20-21(25)18(11-15-5-3-2-4-6-15)12-19-13-23-14-24(19)20/h2-10,13-14,18,20H,11-12H2,1H3. The smallest absolute Gasteiger partial charge is 0.337 e. The molecule has 0 fully saturated rings. The van der Waals surface area contributed by atoms with Crippen molar-refractivity contribution in [3.05, 3.63) is 89.5 Å². The van der Waals surface area contributed by atoms with Gasteiger partial charge in [-0.2, -0.15) is 0 Å². The van der Waals surface area contributed by atoms with E-state index in [1.165, 1.54) is 7.11 Å². The predicted molar refractivity (Wildman–Crippen MR) is 100 cm³/mol. The van der Waals surface area contributed by atoms with Gasteiger partial charge in [-0.25, -0.2) is 9.78 Å². The van der Waals surface area contributed by atoms with Crippen molar-refractivity contribution in [2.75, 3.05) is 7.11 Å². The minimum absolute atomic E-state index is 0.0955. The Morgan fingerprint density at radius 1 is 1.15 bits per heavy atom. The Morgan fingerprint density at radius 3 is 2.59 bits per heavy atom. The summed E-state index contributed by atoms with van der Waals surface area (Å²) in [6.07, 6.45) is 4.94. The minimum atomic E-state index is -0.420. The normalized spacial score (nSPS) is 18.8. The third-order valence-electron chi connectivity index (χ3n) is 5.12. The third-order valence-corrected chi connectivity index (χ3v) is 5.12. The molecular weight excluding hydrogens is 340 g/mol. The molecule has 4 rings (SSSR count).